The summed E-state index contributed by atoms with van der Waals surface area (Å²) in [7, 11) is 0. The summed E-state index contributed by atoms with van der Waals surface area (Å²) >= 11 is 1.78. The van der Waals surface area contributed by atoms with Gasteiger partial charge in [-0.3, -0.25) is 4.57 Å². The first-order chi connectivity index (χ1) is 24.7. The largest absolute Gasteiger partial charge is 0.277 e. The molecule has 0 saturated carbocycles. The summed E-state index contributed by atoms with van der Waals surface area (Å²) in [5, 5.41) is 12.8. The van der Waals surface area contributed by atoms with Gasteiger partial charge in [0, 0.05) is 27.8 Å². The van der Waals surface area contributed by atoms with E-state index in [4.69, 9.17) is 19.9 Å². The van der Waals surface area contributed by atoms with Gasteiger partial charge < -0.3 is 0 Å². The Morgan fingerprint density at radius 3 is 2.16 bits per heavy atom. The van der Waals surface area contributed by atoms with Crippen LogP contribution in [-0.2, 0) is 6.42 Å². The van der Waals surface area contributed by atoms with Crippen molar-refractivity contribution in [2.75, 3.05) is 0 Å². The van der Waals surface area contributed by atoms with Gasteiger partial charge in [0.15, 0.2) is 11.6 Å². The van der Waals surface area contributed by atoms with Crippen molar-refractivity contribution in [2.45, 2.75) is 12.3 Å². The second-order valence-corrected chi connectivity index (χ2v) is 13.6. The van der Waals surface area contributed by atoms with Crippen molar-refractivity contribution < 1.29 is 0 Å². The van der Waals surface area contributed by atoms with Crippen LogP contribution in [0.3, 0.4) is 0 Å². The van der Waals surface area contributed by atoms with Crippen LogP contribution in [0, 0.1) is 11.3 Å². The molecule has 7 heteroatoms. The summed E-state index contributed by atoms with van der Waals surface area (Å²) in [5.41, 5.74) is 10.4. The maximum Gasteiger partial charge on any atom is 0.238 e. The predicted octanol–water partition coefficient (Wildman–Crippen LogP) is 10.1. The lowest BCUT2D eigenvalue weighted by molar-refractivity contribution is 0.789. The molecule has 0 saturated heterocycles. The molecule has 6 aromatic carbocycles. The summed E-state index contributed by atoms with van der Waals surface area (Å²) < 4.78 is 3.42. The van der Waals surface area contributed by atoms with Gasteiger partial charge in [-0.05, 0) is 71.1 Å². The molecule has 50 heavy (non-hydrogen) atoms. The first-order valence-corrected chi connectivity index (χ1v) is 17.4. The molecule has 1 unspecified atom stereocenters. The van der Waals surface area contributed by atoms with Crippen LogP contribution in [0.1, 0.15) is 27.6 Å². The molecule has 0 N–H and O–H groups in total. The molecule has 1 aliphatic carbocycles. The number of para-hydroxylation sites is 2. The fourth-order valence-electron chi connectivity index (χ4n) is 7.42. The fraction of sp³-hybridized carbons (Fsp3) is 0.0465. The van der Waals surface area contributed by atoms with Gasteiger partial charge in [0.05, 0.1) is 32.9 Å². The number of hydrogen-bond acceptors (Lipinski definition) is 6. The van der Waals surface area contributed by atoms with E-state index in [-0.39, 0.29) is 5.92 Å². The molecular formula is C43H26N6S. The van der Waals surface area contributed by atoms with E-state index >= 15 is 0 Å². The standard InChI is InChI=1S/C43H26N6S/c44-25-26-18-20-28(21-19-26)41-46-40(27-10-2-1-3-11-27)47-43(48-41)49-36-16-8-6-14-31(36)33-23-22-32-30-13-5-4-12-29(30)24-34(38(32)39(33)49)42-45-35-15-7-9-17-37(35)50-42/h1-23,34H,24H2. The topological polar surface area (TPSA) is 80.3 Å². The van der Waals surface area contributed by atoms with E-state index in [2.05, 4.69) is 95.6 Å². The minimum Gasteiger partial charge on any atom is -0.277 e. The van der Waals surface area contributed by atoms with Gasteiger partial charge >= 0.3 is 0 Å². The molecule has 6 nitrogen and oxygen atoms in total. The quantitative estimate of drug-likeness (QED) is 0.188. The number of benzene rings is 6. The van der Waals surface area contributed by atoms with Gasteiger partial charge in [0.2, 0.25) is 5.95 Å². The lowest BCUT2D eigenvalue weighted by Crippen LogP contribution is -2.15. The number of thiazole rings is 1. The Hall–Kier alpha value is -6.49. The molecule has 234 valence electrons. The van der Waals surface area contributed by atoms with Crippen LogP contribution in [0.15, 0.2) is 140 Å². The Bertz CT molecular complexity index is 2780. The van der Waals surface area contributed by atoms with Crippen molar-refractivity contribution in [2.24, 2.45) is 0 Å². The maximum atomic E-state index is 9.47. The Morgan fingerprint density at radius 1 is 0.620 bits per heavy atom. The Balaban J connectivity index is 1.32. The first-order valence-electron chi connectivity index (χ1n) is 16.6. The summed E-state index contributed by atoms with van der Waals surface area (Å²) in [4.78, 5) is 20.6. The van der Waals surface area contributed by atoms with Gasteiger partial charge in [-0.1, -0.05) is 97.1 Å². The Labute approximate surface area is 291 Å². The number of aromatic nitrogens is 5. The van der Waals surface area contributed by atoms with E-state index in [0.29, 0.717) is 23.2 Å². The number of nitriles is 1. The molecule has 0 amide bonds. The van der Waals surface area contributed by atoms with Gasteiger partial charge in [0.25, 0.3) is 0 Å². The van der Waals surface area contributed by atoms with Crippen molar-refractivity contribution in [3.05, 3.63) is 161 Å². The Kier molecular flexibility index (Phi) is 6.44. The number of rotatable bonds is 4. The van der Waals surface area contributed by atoms with Gasteiger partial charge in [-0.15, -0.1) is 11.3 Å². The van der Waals surface area contributed by atoms with Crippen LogP contribution in [0.5, 0.6) is 0 Å². The van der Waals surface area contributed by atoms with E-state index in [1.165, 1.54) is 27.0 Å². The van der Waals surface area contributed by atoms with E-state index in [1.807, 2.05) is 42.5 Å². The zero-order valence-electron chi connectivity index (χ0n) is 26.7. The molecule has 0 fully saturated rings. The summed E-state index contributed by atoms with van der Waals surface area (Å²) in [5.74, 6) is 1.69. The summed E-state index contributed by atoms with van der Waals surface area (Å²) in [6, 6.07) is 49.9. The van der Waals surface area contributed by atoms with Crippen LogP contribution >= 0.6 is 11.3 Å². The predicted molar refractivity (Wildman–Crippen MR) is 200 cm³/mol. The highest BCUT2D eigenvalue weighted by Crippen LogP contribution is 2.49. The monoisotopic (exact) mass is 658 g/mol. The maximum absolute atomic E-state index is 9.47. The number of nitrogens with zero attached hydrogens (tertiary/aromatic N) is 6. The van der Waals surface area contributed by atoms with Crippen molar-refractivity contribution >= 4 is 43.4 Å². The third-order valence-corrected chi connectivity index (χ3v) is 10.8. The van der Waals surface area contributed by atoms with Crippen molar-refractivity contribution in [3.8, 4) is 45.9 Å². The molecule has 3 heterocycles. The van der Waals surface area contributed by atoms with E-state index in [9.17, 15) is 5.26 Å². The second-order valence-electron chi connectivity index (χ2n) is 12.5. The average Bonchev–Trinajstić information content (AvgIpc) is 3.77. The molecule has 1 aliphatic rings. The molecular weight excluding hydrogens is 633 g/mol. The fourth-order valence-corrected chi connectivity index (χ4v) is 8.49. The smallest absolute Gasteiger partial charge is 0.238 e. The van der Waals surface area contributed by atoms with Gasteiger partial charge in [0.1, 0.15) is 5.01 Å². The van der Waals surface area contributed by atoms with Crippen LogP contribution < -0.4 is 0 Å². The second kappa shape index (κ2) is 11.3. The van der Waals surface area contributed by atoms with Gasteiger partial charge in [-0.25, -0.2) is 9.97 Å². The summed E-state index contributed by atoms with van der Waals surface area (Å²) in [6.45, 7) is 0. The SMILES string of the molecule is N#Cc1ccc(-c2nc(-c3ccccc3)nc(-n3c4ccccc4c4ccc5c(c43)C(c3nc4ccccc4s3)Cc3ccccc3-5)n2)cc1. The molecule has 10 rings (SSSR count). The van der Waals surface area contributed by atoms with Crippen LogP contribution in [0.2, 0.25) is 0 Å². The highest BCUT2D eigenvalue weighted by atomic mass is 32.1. The van der Waals surface area contributed by atoms with E-state index in [1.54, 1.807) is 23.5 Å². The number of hydrogen-bond donors (Lipinski definition) is 0. The molecule has 0 radical (unpaired) electrons. The summed E-state index contributed by atoms with van der Waals surface area (Å²) in [6.07, 6.45) is 0.840. The highest BCUT2D eigenvalue weighted by Gasteiger charge is 2.33. The number of fused-ring (bicyclic) bond motifs is 8. The molecule has 0 spiro atoms. The van der Waals surface area contributed by atoms with Crippen molar-refractivity contribution in [3.63, 3.8) is 0 Å². The van der Waals surface area contributed by atoms with Crippen LogP contribution in [-0.4, -0.2) is 24.5 Å². The van der Waals surface area contributed by atoms with Crippen LogP contribution in [0.25, 0.3) is 71.9 Å². The minimum absolute atomic E-state index is 0.0255. The molecule has 3 aromatic heterocycles. The van der Waals surface area contributed by atoms with Crippen molar-refractivity contribution in [1.82, 2.24) is 24.5 Å². The van der Waals surface area contributed by atoms with E-state index < -0.39 is 0 Å². The lowest BCUT2D eigenvalue weighted by atomic mass is 9.78. The molecule has 0 bridgehead atoms. The zero-order valence-corrected chi connectivity index (χ0v) is 27.5. The van der Waals surface area contributed by atoms with Crippen LogP contribution in [0.4, 0.5) is 0 Å². The molecule has 1 atom stereocenters. The molecule has 0 aliphatic heterocycles. The van der Waals surface area contributed by atoms with E-state index in [0.717, 1.165) is 49.9 Å². The normalized spacial score (nSPS) is 13.7. The average molecular weight is 659 g/mol. The molecule has 9 aromatic rings. The third kappa shape index (κ3) is 4.47. The Morgan fingerprint density at radius 2 is 1.34 bits per heavy atom. The van der Waals surface area contributed by atoms with Crippen molar-refractivity contribution in [1.29, 1.82) is 5.26 Å². The van der Waals surface area contributed by atoms with Gasteiger partial charge in [-0.2, -0.15) is 15.2 Å². The zero-order chi connectivity index (χ0) is 33.2. The first kappa shape index (κ1) is 28.5. The third-order valence-electron chi connectivity index (χ3n) is 9.69. The minimum atomic E-state index is 0.0255. The lowest BCUT2D eigenvalue weighted by Gasteiger charge is -2.28. The highest BCUT2D eigenvalue weighted by molar-refractivity contribution is 7.18.